The third-order valence-corrected chi connectivity index (χ3v) is 4.64. The first-order chi connectivity index (χ1) is 12.2. The number of rotatable bonds is 4. The molecule has 4 nitrogen and oxygen atoms in total. The predicted octanol–water partition coefficient (Wildman–Crippen LogP) is 4.23. The maximum atomic E-state index is 12.3. The number of para-hydroxylation sites is 1. The molecule has 2 aromatic carbocycles. The van der Waals surface area contributed by atoms with Gasteiger partial charge in [-0.15, -0.1) is 0 Å². The number of aromatic amines is 1. The van der Waals surface area contributed by atoms with Crippen LogP contribution >= 0.6 is 0 Å². The lowest BCUT2D eigenvalue weighted by Crippen LogP contribution is -2.14. The molecule has 0 radical (unpaired) electrons. The Bertz CT molecular complexity index is 983. The van der Waals surface area contributed by atoms with E-state index in [0.29, 0.717) is 11.5 Å². The van der Waals surface area contributed by atoms with Crippen molar-refractivity contribution < 1.29 is 4.79 Å². The van der Waals surface area contributed by atoms with E-state index in [1.807, 2.05) is 48.7 Å². The van der Waals surface area contributed by atoms with Crippen molar-refractivity contribution in [3.63, 3.8) is 0 Å². The topological polar surface area (TPSA) is 57.2 Å². The standard InChI is InChI=1S/C21H19N3O/c1-14(15-7-3-2-4-8-15)11-20-18(21(25)24-23-20)12-16-13-22-19-10-6-5-9-17(16)19/h2-10,12-14,22H,11H2,1H3,(H,24,25)/b18-12-. The van der Waals surface area contributed by atoms with Crippen molar-refractivity contribution in [1.29, 1.82) is 0 Å². The van der Waals surface area contributed by atoms with E-state index < -0.39 is 0 Å². The third kappa shape index (κ3) is 2.98. The summed E-state index contributed by atoms with van der Waals surface area (Å²) in [6, 6.07) is 18.4. The first-order valence-electron chi connectivity index (χ1n) is 8.42. The second kappa shape index (κ2) is 6.40. The predicted molar refractivity (Wildman–Crippen MR) is 101 cm³/mol. The van der Waals surface area contributed by atoms with Gasteiger partial charge in [-0.25, -0.2) is 5.43 Å². The summed E-state index contributed by atoms with van der Waals surface area (Å²) in [5, 5.41) is 5.36. The van der Waals surface area contributed by atoms with Gasteiger partial charge in [0.25, 0.3) is 5.91 Å². The maximum absolute atomic E-state index is 12.3. The van der Waals surface area contributed by atoms with Crippen LogP contribution in [0.25, 0.3) is 17.0 Å². The monoisotopic (exact) mass is 329 g/mol. The molecule has 1 atom stereocenters. The molecule has 0 fully saturated rings. The van der Waals surface area contributed by atoms with Crippen LogP contribution in [0.5, 0.6) is 0 Å². The number of nitrogens with zero attached hydrogens (tertiary/aromatic N) is 1. The van der Waals surface area contributed by atoms with Gasteiger partial charge in [-0.05, 0) is 30.0 Å². The third-order valence-electron chi connectivity index (χ3n) is 4.64. The Kier molecular flexibility index (Phi) is 3.94. The highest BCUT2D eigenvalue weighted by molar-refractivity contribution is 6.28. The Labute approximate surface area is 146 Å². The van der Waals surface area contributed by atoms with Crippen LogP contribution in [-0.4, -0.2) is 16.6 Å². The summed E-state index contributed by atoms with van der Waals surface area (Å²) < 4.78 is 0. The number of carbonyl (C=O) groups is 1. The lowest BCUT2D eigenvalue weighted by atomic mass is 9.92. The highest BCUT2D eigenvalue weighted by atomic mass is 16.2. The van der Waals surface area contributed by atoms with E-state index >= 15 is 0 Å². The fourth-order valence-electron chi connectivity index (χ4n) is 3.23. The Balaban J connectivity index is 1.64. The smallest absolute Gasteiger partial charge is 0.273 e. The van der Waals surface area contributed by atoms with Gasteiger partial charge in [0.05, 0.1) is 11.3 Å². The normalized spacial score (nSPS) is 16.9. The van der Waals surface area contributed by atoms with Gasteiger partial charge in [0.1, 0.15) is 0 Å². The Morgan fingerprint density at radius 2 is 1.84 bits per heavy atom. The van der Waals surface area contributed by atoms with Crippen LogP contribution in [0.4, 0.5) is 0 Å². The van der Waals surface area contributed by atoms with E-state index in [1.165, 1.54) is 5.56 Å². The lowest BCUT2D eigenvalue weighted by molar-refractivity contribution is -0.116. The Morgan fingerprint density at radius 1 is 1.08 bits per heavy atom. The number of aromatic nitrogens is 1. The van der Waals surface area contributed by atoms with Crippen molar-refractivity contribution in [3.05, 3.63) is 77.5 Å². The van der Waals surface area contributed by atoms with Crippen LogP contribution in [0.2, 0.25) is 0 Å². The maximum Gasteiger partial charge on any atom is 0.273 e. The molecule has 1 amide bonds. The molecule has 2 heterocycles. The van der Waals surface area contributed by atoms with Crippen LogP contribution in [0.15, 0.2) is 71.5 Å². The molecule has 1 aliphatic heterocycles. The van der Waals surface area contributed by atoms with Gasteiger partial charge in [0, 0.05) is 22.7 Å². The van der Waals surface area contributed by atoms with E-state index in [9.17, 15) is 4.79 Å². The number of carbonyl (C=O) groups excluding carboxylic acids is 1. The van der Waals surface area contributed by atoms with Crippen LogP contribution in [0, 0.1) is 0 Å². The van der Waals surface area contributed by atoms with Gasteiger partial charge < -0.3 is 4.98 Å². The van der Waals surface area contributed by atoms with E-state index in [2.05, 4.69) is 40.6 Å². The summed E-state index contributed by atoms with van der Waals surface area (Å²) >= 11 is 0. The van der Waals surface area contributed by atoms with Crippen LogP contribution in [-0.2, 0) is 4.79 Å². The molecule has 124 valence electrons. The summed E-state index contributed by atoms with van der Waals surface area (Å²) in [5.74, 6) is 0.152. The number of hydrazone groups is 1. The zero-order valence-electron chi connectivity index (χ0n) is 14.0. The molecule has 4 rings (SSSR count). The summed E-state index contributed by atoms with van der Waals surface area (Å²) in [7, 11) is 0. The SMILES string of the molecule is CC(CC1=NNC(=O)/C1=C\c1c[nH]c2ccccc12)c1ccccc1. The average molecular weight is 329 g/mol. The minimum atomic E-state index is -0.138. The van der Waals surface area contributed by atoms with Crippen molar-refractivity contribution in [2.75, 3.05) is 0 Å². The number of amides is 1. The highest BCUT2D eigenvalue weighted by Gasteiger charge is 2.24. The Hall–Kier alpha value is -3.14. The second-order valence-corrected chi connectivity index (χ2v) is 6.36. The number of hydrogen-bond donors (Lipinski definition) is 2. The van der Waals surface area contributed by atoms with E-state index in [1.54, 1.807) is 0 Å². The molecule has 25 heavy (non-hydrogen) atoms. The number of H-pyrrole nitrogens is 1. The number of benzene rings is 2. The largest absolute Gasteiger partial charge is 0.361 e. The van der Waals surface area contributed by atoms with Gasteiger partial charge in [0.15, 0.2) is 0 Å². The van der Waals surface area contributed by atoms with Gasteiger partial charge in [-0.1, -0.05) is 55.5 Å². The first-order valence-corrected chi connectivity index (χ1v) is 8.42. The quantitative estimate of drug-likeness (QED) is 0.691. The molecule has 4 heteroatoms. The first kappa shape index (κ1) is 15.4. The minimum Gasteiger partial charge on any atom is -0.361 e. The molecule has 0 bridgehead atoms. The van der Waals surface area contributed by atoms with Crippen LogP contribution in [0.3, 0.4) is 0 Å². The lowest BCUT2D eigenvalue weighted by Gasteiger charge is -2.11. The molecule has 1 aliphatic rings. The molecule has 3 aromatic rings. The summed E-state index contributed by atoms with van der Waals surface area (Å²) in [5.41, 5.74) is 7.37. The molecule has 0 saturated heterocycles. The molecule has 0 spiro atoms. The van der Waals surface area contributed by atoms with Crippen LogP contribution < -0.4 is 5.43 Å². The highest BCUT2D eigenvalue weighted by Crippen LogP contribution is 2.26. The van der Waals surface area contributed by atoms with Crippen LogP contribution in [0.1, 0.15) is 30.4 Å². The average Bonchev–Trinajstić information content (AvgIpc) is 3.21. The molecule has 1 unspecified atom stereocenters. The molecule has 0 aliphatic carbocycles. The van der Waals surface area contributed by atoms with Gasteiger partial charge >= 0.3 is 0 Å². The van der Waals surface area contributed by atoms with Crippen molar-refractivity contribution in [1.82, 2.24) is 10.4 Å². The number of nitrogens with one attached hydrogen (secondary N) is 2. The van der Waals surface area contributed by atoms with Crippen molar-refractivity contribution in [3.8, 4) is 0 Å². The molecule has 0 saturated carbocycles. The zero-order chi connectivity index (χ0) is 17.2. The zero-order valence-corrected chi connectivity index (χ0v) is 14.0. The Morgan fingerprint density at radius 3 is 2.68 bits per heavy atom. The second-order valence-electron chi connectivity index (χ2n) is 6.36. The fraction of sp³-hybridized carbons (Fsp3) is 0.143. The minimum absolute atomic E-state index is 0.138. The summed E-state index contributed by atoms with van der Waals surface area (Å²) in [6.45, 7) is 2.16. The van der Waals surface area contributed by atoms with E-state index in [4.69, 9.17) is 0 Å². The van der Waals surface area contributed by atoms with Crippen molar-refractivity contribution in [2.45, 2.75) is 19.3 Å². The van der Waals surface area contributed by atoms with Gasteiger partial charge in [-0.3, -0.25) is 4.79 Å². The summed E-state index contributed by atoms with van der Waals surface area (Å²) in [6.07, 6.45) is 4.58. The van der Waals surface area contributed by atoms with Gasteiger partial charge in [0.2, 0.25) is 0 Å². The van der Waals surface area contributed by atoms with E-state index in [-0.39, 0.29) is 5.91 Å². The number of hydrogen-bond acceptors (Lipinski definition) is 2. The summed E-state index contributed by atoms with van der Waals surface area (Å²) in [4.78, 5) is 15.5. The molecule has 1 aromatic heterocycles. The van der Waals surface area contributed by atoms with Crippen molar-refractivity contribution in [2.24, 2.45) is 5.10 Å². The van der Waals surface area contributed by atoms with Crippen molar-refractivity contribution >= 4 is 28.6 Å². The van der Waals surface area contributed by atoms with E-state index in [0.717, 1.165) is 28.6 Å². The number of fused-ring (bicyclic) bond motifs is 1. The molecular formula is C21H19N3O. The van der Waals surface area contributed by atoms with Gasteiger partial charge in [-0.2, -0.15) is 5.10 Å². The molecule has 2 N–H and O–H groups in total. The fourth-order valence-corrected chi connectivity index (χ4v) is 3.23. The molecular weight excluding hydrogens is 310 g/mol.